The SMILES string of the molecule is CCn1nc(C(=O)O)c(C(C)C)c(Nc2cncc3ccccc23)c1=O. The summed E-state index contributed by atoms with van der Waals surface area (Å²) in [5.74, 6) is -1.35. The fourth-order valence-electron chi connectivity index (χ4n) is 2.99. The van der Waals surface area contributed by atoms with Gasteiger partial charge in [0.05, 0.1) is 11.9 Å². The van der Waals surface area contributed by atoms with Crippen molar-refractivity contribution in [2.24, 2.45) is 0 Å². The van der Waals surface area contributed by atoms with Gasteiger partial charge in [-0.15, -0.1) is 0 Å². The van der Waals surface area contributed by atoms with E-state index in [2.05, 4.69) is 15.4 Å². The van der Waals surface area contributed by atoms with E-state index in [1.807, 2.05) is 38.1 Å². The van der Waals surface area contributed by atoms with Crippen molar-refractivity contribution >= 4 is 28.1 Å². The van der Waals surface area contributed by atoms with Crippen LogP contribution in [0.2, 0.25) is 0 Å². The van der Waals surface area contributed by atoms with Gasteiger partial charge in [-0.05, 0) is 12.8 Å². The first-order chi connectivity index (χ1) is 12.4. The molecule has 134 valence electrons. The summed E-state index contributed by atoms with van der Waals surface area (Å²) in [5.41, 5.74) is 0.797. The molecule has 0 amide bonds. The van der Waals surface area contributed by atoms with Crippen LogP contribution in [0.3, 0.4) is 0 Å². The number of rotatable bonds is 5. The lowest BCUT2D eigenvalue weighted by atomic mass is 9.99. The molecule has 1 aromatic carbocycles. The highest BCUT2D eigenvalue weighted by atomic mass is 16.4. The van der Waals surface area contributed by atoms with Crippen molar-refractivity contribution in [3.63, 3.8) is 0 Å². The topological polar surface area (TPSA) is 97.1 Å². The van der Waals surface area contributed by atoms with E-state index in [-0.39, 0.29) is 29.4 Å². The first kappa shape index (κ1) is 17.6. The summed E-state index contributed by atoms with van der Waals surface area (Å²) in [4.78, 5) is 28.8. The maximum atomic E-state index is 12.9. The number of aryl methyl sites for hydroxylation is 1. The van der Waals surface area contributed by atoms with Gasteiger partial charge in [0, 0.05) is 29.1 Å². The monoisotopic (exact) mass is 352 g/mol. The molecule has 3 aromatic rings. The molecule has 0 radical (unpaired) electrons. The van der Waals surface area contributed by atoms with Crippen molar-refractivity contribution in [2.45, 2.75) is 33.2 Å². The Balaban J connectivity index is 2.28. The van der Waals surface area contributed by atoms with E-state index >= 15 is 0 Å². The van der Waals surface area contributed by atoms with E-state index in [0.717, 1.165) is 15.5 Å². The van der Waals surface area contributed by atoms with Gasteiger partial charge in [0.15, 0.2) is 5.69 Å². The van der Waals surface area contributed by atoms with Crippen LogP contribution in [0.4, 0.5) is 11.4 Å². The number of carboxylic acids is 1. The van der Waals surface area contributed by atoms with Gasteiger partial charge in [-0.3, -0.25) is 9.78 Å². The van der Waals surface area contributed by atoms with Crippen LogP contribution in [0, 0.1) is 0 Å². The van der Waals surface area contributed by atoms with E-state index in [0.29, 0.717) is 11.3 Å². The summed E-state index contributed by atoms with van der Waals surface area (Å²) >= 11 is 0. The quantitative estimate of drug-likeness (QED) is 0.731. The number of carboxylic acid groups (broad SMARTS) is 1. The third-order valence-corrected chi connectivity index (χ3v) is 4.20. The summed E-state index contributed by atoms with van der Waals surface area (Å²) in [6, 6.07) is 7.66. The Morgan fingerprint density at radius 2 is 2.00 bits per heavy atom. The first-order valence-corrected chi connectivity index (χ1v) is 8.42. The number of nitrogens with one attached hydrogen (secondary N) is 1. The van der Waals surface area contributed by atoms with E-state index in [1.54, 1.807) is 19.3 Å². The van der Waals surface area contributed by atoms with Crippen molar-refractivity contribution in [2.75, 3.05) is 5.32 Å². The second-order valence-corrected chi connectivity index (χ2v) is 6.25. The van der Waals surface area contributed by atoms with Crippen LogP contribution in [0.1, 0.15) is 42.7 Å². The summed E-state index contributed by atoms with van der Waals surface area (Å²) in [5, 5.41) is 18.6. The Hall–Kier alpha value is -3.22. The van der Waals surface area contributed by atoms with Gasteiger partial charge >= 0.3 is 5.97 Å². The predicted octanol–water partition coefficient (Wildman–Crippen LogP) is 3.38. The molecule has 0 saturated heterocycles. The van der Waals surface area contributed by atoms with Crippen LogP contribution in [0.15, 0.2) is 41.5 Å². The highest BCUT2D eigenvalue weighted by molar-refractivity contribution is 5.95. The zero-order valence-electron chi connectivity index (χ0n) is 14.9. The number of hydrogen-bond acceptors (Lipinski definition) is 5. The number of hydrogen-bond donors (Lipinski definition) is 2. The Bertz CT molecular complexity index is 1040. The number of nitrogens with zero attached hydrogens (tertiary/aromatic N) is 3. The first-order valence-electron chi connectivity index (χ1n) is 8.42. The minimum atomic E-state index is -1.16. The third kappa shape index (κ3) is 3.03. The number of fused-ring (bicyclic) bond motifs is 1. The second kappa shape index (κ2) is 6.95. The fraction of sp³-hybridized carbons (Fsp3) is 0.263. The normalized spacial score (nSPS) is 11.1. The lowest BCUT2D eigenvalue weighted by Gasteiger charge is -2.18. The molecular formula is C19H20N4O3. The highest BCUT2D eigenvalue weighted by Gasteiger charge is 2.24. The predicted molar refractivity (Wildman–Crippen MR) is 100 cm³/mol. The summed E-state index contributed by atoms with van der Waals surface area (Å²) < 4.78 is 1.16. The van der Waals surface area contributed by atoms with Gasteiger partial charge < -0.3 is 10.4 Å². The molecular weight excluding hydrogens is 332 g/mol. The standard InChI is InChI=1S/C19H20N4O3/c1-4-23-18(24)16(15(11(2)3)17(22-23)19(25)26)21-14-10-20-9-12-7-5-6-8-13(12)14/h5-11,21H,4H2,1-3H3,(H,25,26). The average molecular weight is 352 g/mol. The third-order valence-electron chi connectivity index (χ3n) is 4.20. The number of aromatic nitrogens is 3. The molecule has 2 N–H and O–H groups in total. The Morgan fingerprint density at radius 3 is 2.65 bits per heavy atom. The lowest BCUT2D eigenvalue weighted by molar-refractivity contribution is 0.0685. The molecule has 0 aliphatic rings. The van der Waals surface area contributed by atoms with Crippen LogP contribution < -0.4 is 10.9 Å². The molecule has 0 spiro atoms. The van der Waals surface area contributed by atoms with Gasteiger partial charge in [0.1, 0.15) is 5.69 Å². The minimum Gasteiger partial charge on any atom is -0.476 e. The molecule has 2 heterocycles. The molecule has 26 heavy (non-hydrogen) atoms. The number of anilines is 2. The van der Waals surface area contributed by atoms with Crippen LogP contribution in [-0.2, 0) is 6.54 Å². The van der Waals surface area contributed by atoms with Crippen LogP contribution in [0.25, 0.3) is 10.8 Å². The molecule has 0 aliphatic carbocycles. The van der Waals surface area contributed by atoms with Gasteiger partial charge in [0.2, 0.25) is 0 Å². The lowest BCUT2D eigenvalue weighted by Crippen LogP contribution is -2.29. The van der Waals surface area contributed by atoms with Gasteiger partial charge in [-0.2, -0.15) is 5.10 Å². The molecule has 0 atom stereocenters. The van der Waals surface area contributed by atoms with Crippen LogP contribution in [0.5, 0.6) is 0 Å². The van der Waals surface area contributed by atoms with Crippen LogP contribution >= 0.6 is 0 Å². The fourth-order valence-corrected chi connectivity index (χ4v) is 2.99. The summed E-state index contributed by atoms with van der Waals surface area (Å²) in [6.45, 7) is 5.70. The summed E-state index contributed by atoms with van der Waals surface area (Å²) in [6.07, 6.45) is 3.37. The Labute approximate surface area is 150 Å². The molecule has 2 aromatic heterocycles. The molecule has 0 bridgehead atoms. The van der Waals surface area contributed by atoms with E-state index in [9.17, 15) is 14.7 Å². The van der Waals surface area contributed by atoms with Gasteiger partial charge in [0.25, 0.3) is 5.56 Å². The van der Waals surface area contributed by atoms with Crippen molar-refractivity contribution in [3.05, 3.63) is 58.3 Å². The molecule has 7 heteroatoms. The van der Waals surface area contributed by atoms with Crippen molar-refractivity contribution in [1.29, 1.82) is 0 Å². The van der Waals surface area contributed by atoms with Crippen molar-refractivity contribution in [3.8, 4) is 0 Å². The number of carbonyl (C=O) groups is 1. The maximum Gasteiger partial charge on any atom is 0.356 e. The number of aromatic carboxylic acids is 1. The molecule has 7 nitrogen and oxygen atoms in total. The molecule has 0 fully saturated rings. The molecule has 0 saturated carbocycles. The molecule has 3 rings (SSSR count). The molecule has 0 unspecified atom stereocenters. The molecule has 0 aliphatic heterocycles. The zero-order valence-corrected chi connectivity index (χ0v) is 14.9. The maximum absolute atomic E-state index is 12.9. The van der Waals surface area contributed by atoms with E-state index < -0.39 is 5.97 Å². The number of benzene rings is 1. The van der Waals surface area contributed by atoms with Crippen molar-refractivity contribution < 1.29 is 9.90 Å². The largest absolute Gasteiger partial charge is 0.476 e. The smallest absolute Gasteiger partial charge is 0.356 e. The van der Waals surface area contributed by atoms with Gasteiger partial charge in [-0.25, -0.2) is 9.48 Å². The highest BCUT2D eigenvalue weighted by Crippen LogP contribution is 2.29. The van der Waals surface area contributed by atoms with Gasteiger partial charge in [-0.1, -0.05) is 38.1 Å². The van der Waals surface area contributed by atoms with E-state index in [4.69, 9.17) is 0 Å². The van der Waals surface area contributed by atoms with Crippen LogP contribution in [-0.4, -0.2) is 25.8 Å². The van der Waals surface area contributed by atoms with E-state index in [1.165, 1.54) is 0 Å². The second-order valence-electron chi connectivity index (χ2n) is 6.25. The number of pyridine rings is 1. The summed E-state index contributed by atoms with van der Waals surface area (Å²) in [7, 11) is 0. The Morgan fingerprint density at radius 1 is 1.27 bits per heavy atom. The van der Waals surface area contributed by atoms with Crippen molar-refractivity contribution in [1.82, 2.24) is 14.8 Å². The Kier molecular flexibility index (Phi) is 4.71. The minimum absolute atomic E-state index is 0.114. The zero-order chi connectivity index (χ0) is 18.8. The average Bonchev–Trinajstić information content (AvgIpc) is 2.62.